The number of nitrogens with two attached hydrogens (primary N) is 1. The lowest BCUT2D eigenvalue weighted by Crippen LogP contribution is -2.42. The average molecular weight is 299 g/mol. The fourth-order valence-electron chi connectivity index (χ4n) is 1.84. The van der Waals surface area contributed by atoms with Crippen molar-refractivity contribution >= 4 is 29.3 Å². The number of carbonyl (C=O) groups excluding carboxylic acids is 1. The Morgan fingerprint density at radius 2 is 2.21 bits per heavy atom. The highest BCUT2D eigenvalue weighted by atomic mass is 35.5. The van der Waals surface area contributed by atoms with E-state index in [0.717, 1.165) is 41.4 Å². The number of primary amides is 1. The molecule has 1 atom stereocenters. The zero-order chi connectivity index (χ0) is 13.7. The van der Waals surface area contributed by atoms with Gasteiger partial charge in [0.15, 0.2) is 0 Å². The van der Waals surface area contributed by atoms with Gasteiger partial charge in [0.1, 0.15) is 0 Å². The van der Waals surface area contributed by atoms with Crippen LogP contribution in [0, 0.1) is 0 Å². The molecule has 1 aromatic rings. The van der Waals surface area contributed by atoms with Crippen LogP contribution < -0.4 is 11.1 Å². The Morgan fingerprint density at radius 3 is 2.84 bits per heavy atom. The van der Waals surface area contributed by atoms with Crippen molar-refractivity contribution in [2.45, 2.75) is 37.1 Å². The SMILES string of the molecule is NC(=O)C(CCSCc1ccccc1Cl)NC1CC1. The summed E-state index contributed by atoms with van der Waals surface area (Å²) in [6.07, 6.45) is 3.11. The number of hydrogen-bond acceptors (Lipinski definition) is 3. The molecule has 2 rings (SSSR count). The van der Waals surface area contributed by atoms with Crippen molar-refractivity contribution in [2.75, 3.05) is 5.75 Å². The van der Waals surface area contributed by atoms with Gasteiger partial charge in [-0.05, 0) is 36.6 Å². The lowest BCUT2D eigenvalue weighted by molar-refractivity contribution is -0.120. The zero-order valence-corrected chi connectivity index (χ0v) is 12.3. The smallest absolute Gasteiger partial charge is 0.234 e. The molecule has 3 N–H and O–H groups in total. The van der Waals surface area contributed by atoms with E-state index < -0.39 is 0 Å². The third kappa shape index (κ3) is 5.05. The fraction of sp³-hybridized carbons (Fsp3) is 0.500. The van der Waals surface area contributed by atoms with E-state index in [1.165, 1.54) is 0 Å². The van der Waals surface area contributed by atoms with Crippen LogP contribution in [-0.4, -0.2) is 23.7 Å². The van der Waals surface area contributed by atoms with E-state index in [1.807, 2.05) is 24.3 Å². The maximum absolute atomic E-state index is 11.3. The predicted octanol–water partition coefficient (Wildman–Crippen LogP) is 2.57. The molecule has 1 amide bonds. The minimum absolute atomic E-state index is 0.189. The molecular weight excluding hydrogens is 280 g/mol. The van der Waals surface area contributed by atoms with Crippen LogP contribution >= 0.6 is 23.4 Å². The molecule has 1 fully saturated rings. The number of halogens is 1. The molecule has 104 valence electrons. The van der Waals surface area contributed by atoms with E-state index in [0.29, 0.717) is 6.04 Å². The first-order valence-corrected chi connectivity index (χ1v) is 8.06. The summed E-state index contributed by atoms with van der Waals surface area (Å²) >= 11 is 7.88. The van der Waals surface area contributed by atoms with Gasteiger partial charge in [-0.15, -0.1) is 0 Å². The Labute approximate surface area is 123 Å². The van der Waals surface area contributed by atoms with E-state index in [4.69, 9.17) is 17.3 Å². The number of thioether (sulfide) groups is 1. The summed E-state index contributed by atoms with van der Waals surface area (Å²) in [6, 6.07) is 8.17. The second kappa shape index (κ2) is 7.17. The van der Waals surface area contributed by atoms with Crippen LogP contribution in [-0.2, 0) is 10.5 Å². The van der Waals surface area contributed by atoms with Gasteiger partial charge >= 0.3 is 0 Å². The number of nitrogens with one attached hydrogen (secondary N) is 1. The van der Waals surface area contributed by atoms with Crippen molar-refractivity contribution in [1.82, 2.24) is 5.32 Å². The molecule has 1 aliphatic rings. The lowest BCUT2D eigenvalue weighted by Gasteiger charge is -2.14. The summed E-state index contributed by atoms with van der Waals surface area (Å²) in [5.74, 6) is 1.53. The highest BCUT2D eigenvalue weighted by molar-refractivity contribution is 7.98. The summed E-state index contributed by atoms with van der Waals surface area (Å²) < 4.78 is 0. The number of amides is 1. The van der Waals surface area contributed by atoms with Gasteiger partial charge in [-0.25, -0.2) is 0 Å². The van der Waals surface area contributed by atoms with Crippen LogP contribution in [0.15, 0.2) is 24.3 Å². The second-order valence-electron chi connectivity index (χ2n) is 4.83. The number of carbonyl (C=O) groups is 1. The van der Waals surface area contributed by atoms with Gasteiger partial charge < -0.3 is 11.1 Å². The van der Waals surface area contributed by atoms with Crippen LogP contribution in [0.5, 0.6) is 0 Å². The van der Waals surface area contributed by atoms with Crippen LogP contribution in [0.1, 0.15) is 24.8 Å². The maximum Gasteiger partial charge on any atom is 0.234 e. The van der Waals surface area contributed by atoms with Gasteiger partial charge in [-0.3, -0.25) is 4.79 Å². The Hall–Kier alpha value is -0.710. The third-order valence-corrected chi connectivity index (χ3v) is 4.53. The van der Waals surface area contributed by atoms with Gasteiger partial charge in [0.25, 0.3) is 0 Å². The Balaban J connectivity index is 1.70. The van der Waals surface area contributed by atoms with Crippen molar-refractivity contribution in [1.29, 1.82) is 0 Å². The van der Waals surface area contributed by atoms with Gasteiger partial charge in [0.05, 0.1) is 6.04 Å². The number of rotatable bonds is 8. The molecule has 0 aromatic heterocycles. The van der Waals surface area contributed by atoms with Crippen molar-refractivity contribution in [3.05, 3.63) is 34.9 Å². The highest BCUT2D eigenvalue weighted by Gasteiger charge is 2.26. The molecule has 5 heteroatoms. The Morgan fingerprint density at radius 1 is 1.47 bits per heavy atom. The van der Waals surface area contributed by atoms with Crippen molar-refractivity contribution in [3.63, 3.8) is 0 Å². The predicted molar refractivity (Wildman–Crippen MR) is 81.4 cm³/mol. The molecule has 0 radical (unpaired) electrons. The molecule has 1 aliphatic carbocycles. The highest BCUT2D eigenvalue weighted by Crippen LogP contribution is 2.23. The molecule has 1 saturated carbocycles. The second-order valence-corrected chi connectivity index (χ2v) is 6.34. The van der Waals surface area contributed by atoms with Crippen molar-refractivity contribution in [3.8, 4) is 0 Å². The molecule has 1 unspecified atom stereocenters. The first-order valence-electron chi connectivity index (χ1n) is 6.53. The first kappa shape index (κ1) is 14.7. The molecular formula is C14H19ClN2OS. The van der Waals surface area contributed by atoms with Crippen LogP contribution in [0.2, 0.25) is 5.02 Å². The molecule has 19 heavy (non-hydrogen) atoms. The molecule has 0 bridgehead atoms. The normalized spacial score (nSPS) is 16.3. The Kier molecular flexibility index (Phi) is 5.55. The van der Waals surface area contributed by atoms with E-state index in [9.17, 15) is 4.79 Å². The lowest BCUT2D eigenvalue weighted by atomic mass is 10.2. The van der Waals surface area contributed by atoms with Gasteiger partial charge in [0.2, 0.25) is 5.91 Å². The Bertz CT molecular complexity index is 437. The molecule has 0 saturated heterocycles. The van der Waals surface area contributed by atoms with E-state index in [2.05, 4.69) is 5.32 Å². The first-order chi connectivity index (χ1) is 9.16. The van der Waals surface area contributed by atoms with E-state index >= 15 is 0 Å². The monoisotopic (exact) mass is 298 g/mol. The standard InChI is InChI=1S/C14H19ClN2OS/c15-12-4-2-1-3-10(12)9-19-8-7-13(14(16)18)17-11-5-6-11/h1-4,11,13,17H,5-9H2,(H2,16,18). The largest absolute Gasteiger partial charge is 0.368 e. The number of benzene rings is 1. The fourth-order valence-corrected chi connectivity index (χ4v) is 3.14. The van der Waals surface area contributed by atoms with Gasteiger partial charge in [0, 0.05) is 16.8 Å². The van der Waals surface area contributed by atoms with Crippen LogP contribution in [0.3, 0.4) is 0 Å². The van der Waals surface area contributed by atoms with Gasteiger partial charge in [-0.1, -0.05) is 29.8 Å². The topological polar surface area (TPSA) is 55.1 Å². The minimum Gasteiger partial charge on any atom is -0.368 e. The molecule has 3 nitrogen and oxygen atoms in total. The quantitative estimate of drug-likeness (QED) is 0.725. The maximum atomic E-state index is 11.3. The molecule has 0 heterocycles. The van der Waals surface area contributed by atoms with Crippen LogP contribution in [0.4, 0.5) is 0 Å². The van der Waals surface area contributed by atoms with E-state index in [1.54, 1.807) is 11.8 Å². The van der Waals surface area contributed by atoms with Crippen molar-refractivity contribution in [2.24, 2.45) is 5.73 Å². The summed E-state index contributed by atoms with van der Waals surface area (Å²) in [7, 11) is 0. The van der Waals surface area contributed by atoms with Crippen LogP contribution in [0.25, 0.3) is 0 Å². The van der Waals surface area contributed by atoms with E-state index in [-0.39, 0.29) is 11.9 Å². The molecule has 1 aromatic carbocycles. The average Bonchev–Trinajstić information content (AvgIpc) is 3.18. The number of hydrogen-bond donors (Lipinski definition) is 2. The minimum atomic E-state index is -0.245. The zero-order valence-electron chi connectivity index (χ0n) is 10.8. The molecule has 0 spiro atoms. The van der Waals surface area contributed by atoms with Gasteiger partial charge in [-0.2, -0.15) is 11.8 Å². The third-order valence-electron chi connectivity index (χ3n) is 3.12. The van der Waals surface area contributed by atoms with Crippen molar-refractivity contribution < 1.29 is 4.79 Å². The summed E-state index contributed by atoms with van der Waals surface area (Å²) in [4.78, 5) is 11.3. The molecule has 0 aliphatic heterocycles. The summed E-state index contributed by atoms with van der Waals surface area (Å²) in [5.41, 5.74) is 6.54. The summed E-state index contributed by atoms with van der Waals surface area (Å²) in [5, 5.41) is 4.09. The summed E-state index contributed by atoms with van der Waals surface area (Å²) in [6.45, 7) is 0.